The molecular weight excluding hydrogens is 190 g/mol. The van der Waals surface area contributed by atoms with Gasteiger partial charge in [0.15, 0.2) is 0 Å². The first-order valence-electron chi connectivity index (χ1n) is 3.81. The first-order chi connectivity index (χ1) is 6.45. The van der Waals surface area contributed by atoms with Gasteiger partial charge in [-0.05, 0) is 0 Å². The first kappa shape index (κ1) is 12.4. The number of amides is 2. The van der Waals surface area contributed by atoms with Gasteiger partial charge in [0, 0.05) is 0 Å². The van der Waals surface area contributed by atoms with Crippen molar-refractivity contribution in [1.29, 1.82) is 0 Å². The van der Waals surface area contributed by atoms with Crippen LogP contribution >= 0.6 is 0 Å². The van der Waals surface area contributed by atoms with E-state index in [1.165, 1.54) is 12.0 Å². The van der Waals surface area contributed by atoms with Gasteiger partial charge in [-0.3, -0.25) is 19.3 Å². The molecule has 14 heavy (non-hydrogen) atoms. The zero-order chi connectivity index (χ0) is 11.1. The number of esters is 1. The third-order valence-corrected chi connectivity index (χ3v) is 1.34. The molecule has 7 nitrogen and oxygen atoms in total. The van der Waals surface area contributed by atoms with E-state index >= 15 is 0 Å². The molecule has 0 aromatic carbocycles. The lowest BCUT2D eigenvalue weighted by molar-refractivity contribution is -0.142. The second-order valence-electron chi connectivity index (χ2n) is 2.65. The minimum atomic E-state index is -0.643. The van der Waals surface area contributed by atoms with E-state index in [2.05, 4.69) is 4.74 Å². The van der Waals surface area contributed by atoms with Crippen LogP contribution in [0.25, 0.3) is 0 Å². The van der Waals surface area contributed by atoms with Crippen molar-refractivity contribution in [2.45, 2.75) is 0 Å². The Labute approximate surface area is 81.0 Å². The molecule has 0 bridgehead atoms. The normalized spacial score (nSPS) is 9.86. The van der Waals surface area contributed by atoms with Crippen LogP contribution in [0.4, 0.5) is 0 Å². The molecule has 0 rings (SSSR count). The molecule has 0 atom stereocenters. The molecule has 80 valence electrons. The van der Waals surface area contributed by atoms with Gasteiger partial charge in [0.2, 0.25) is 11.8 Å². The summed E-state index contributed by atoms with van der Waals surface area (Å²) in [5, 5.41) is 0. The zero-order valence-corrected chi connectivity index (χ0v) is 7.86. The molecule has 0 saturated heterocycles. The van der Waals surface area contributed by atoms with E-state index in [-0.39, 0.29) is 19.6 Å². The van der Waals surface area contributed by atoms with Crippen molar-refractivity contribution in [3.05, 3.63) is 0 Å². The Bertz CT molecular complexity index is 225. The van der Waals surface area contributed by atoms with Crippen molar-refractivity contribution >= 4 is 17.8 Å². The highest BCUT2D eigenvalue weighted by Gasteiger charge is 2.14. The van der Waals surface area contributed by atoms with Crippen LogP contribution in [0.1, 0.15) is 0 Å². The third-order valence-electron chi connectivity index (χ3n) is 1.34. The quantitative estimate of drug-likeness (QED) is 0.460. The van der Waals surface area contributed by atoms with Gasteiger partial charge < -0.3 is 16.2 Å². The summed E-state index contributed by atoms with van der Waals surface area (Å²) in [5.41, 5.74) is 9.80. The summed E-state index contributed by atoms with van der Waals surface area (Å²) in [7, 11) is 1.20. The topological polar surface area (TPSA) is 116 Å². The van der Waals surface area contributed by atoms with E-state index in [1.54, 1.807) is 0 Å². The predicted octanol–water partition coefficient (Wildman–Crippen LogP) is -2.57. The van der Waals surface area contributed by atoms with Gasteiger partial charge in [-0.15, -0.1) is 0 Å². The van der Waals surface area contributed by atoms with Gasteiger partial charge in [0.05, 0.1) is 26.7 Å². The number of hydrogen-bond acceptors (Lipinski definition) is 5. The summed E-state index contributed by atoms with van der Waals surface area (Å²) >= 11 is 0. The second-order valence-corrected chi connectivity index (χ2v) is 2.65. The average molecular weight is 203 g/mol. The largest absolute Gasteiger partial charge is 0.468 e. The highest BCUT2D eigenvalue weighted by Crippen LogP contribution is 1.88. The number of rotatable bonds is 6. The highest BCUT2D eigenvalue weighted by molar-refractivity contribution is 5.81. The number of nitrogens with two attached hydrogens (primary N) is 2. The van der Waals surface area contributed by atoms with Crippen LogP contribution in [0.15, 0.2) is 0 Å². The van der Waals surface area contributed by atoms with Crippen molar-refractivity contribution in [3.8, 4) is 0 Å². The van der Waals surface area contributed by atoms with Crippen LogP contribution in [0, 0.1) is 0 Å². The molecule has 0 spiro atoms. The molecule has 0 heterocycles. The molecule has 7 heteroatoms. The Morgan fingerprint density at radius 3 is 1.79 bits per heavy atom. The molecule has 0 aliphatic carbocycles. The predicted molar refractivity (Wildman–Crippen MR) is 46.8 cm³/mol. The Morgan fingerprint density at radius 1 is 1.07 bits per heavy atom. The zero-order valence-electron chi connectivity index (χ0n) is 7.86. The van der Waals surface area contributed by atoms with Crippen LogP contribution in [0.5, 0.6) is 0 Å². The number of nitrogens with zero attached hydrogens (tertiary/aromatic N) is 1. The summed E-state index contributed by atoms with van der Waals surface area (Å²) in [4.78, 5) is 33.1. The van der Waals surface area contributed by atoms with Crippen LogP contribution in [0.3, 0.4) is 0 Å². The average Bonchev–Trinajstić information content (AvgIpc) is 2.01. The molecule has 0 saturated carbocycles. The molecular formula is C7H13N3O4. The maximum atomic E-state index is 10.8. The second kappa shape index (κ2) is 5.92. The Morgan fingerprint density at radius 2 is 1.50 bits per heavy atom. The number of methoxy groups -OCH3 is 1. The van der Waals surface area contributed by atoms with Crippen LogP contribution < -0.4 is 11.5 Å². The number of carbonyl (C=O) groups is 3. The van der Waals surface area contributed by atoms with Crippen molar-refractivity contribution in [2.24, 2.45) is 11.5 Å². The number of primary amides is 2. The van der Waals surface area contributed by atoms with Crippen molar-refractivity contribution in [3.63, 3.8) is 0 Å². The minimum Gasteiger partial charge on any atom is -0.468 e. The lowest BCUT2D eigenvalue weighted by atomic mass is 10.4. The van der Waals surface area contributed by atoms with Gasteiger partial charge in [-0.25, -0.2) is 0 Å². The van der Waals surface area contributed by atoms with Gasteiger partial charge in [0.1, 0.15) is 0 Å². The van der Waals surface area contributed by atoms with Gasteiger partial charge in [-0.1, -0.05) is 0 Å². The summed E-state index contributed by atoms with van der Waals surface area (Å²) in [5.74, 6) is -1.85. The monoisotopic (exact) mass is 203 g/mol. The minimum absolute atomic E-state index is 0.192. The Balaban J connectivity index is 4.16. The van der Waals surface area contributed by atoms with E-state index in [0.29, 0.717) is 0 Å². The van der Waals surface area contributed by atoms with Crippen molar-refractivity contribution in [2.75, 3.05) is 26.7 Å². The van der Waals surface area contributed by atoms with Crippen LogP contribution in [0.2, 0.25) is 0 Å². The number of hydrogen-bond donors (Lipinski definition) is 2. The van der Waals surface area contributed by atoms with E-state index < -0.39 is 17.8 Å². The maximum Gasteiger partial charge on any atom is 0.319 e. The fourth-order valence-corrected chi connectivity index (χ4v) is 0.856. The molecule has 0 aromatic heterocycles. The molecule has 0 aliphatic rings. The summed E-state index contributed by atoms with van der Waals surface area (Å²) in [6.45, 7) is -0.613. The maximum absolute atomic E-state index is 10.8. The molecule has 4 N–H and O–H groups in total. The molecule has 0 radical (unpaired) electrons. The molecule has 0 fully saturated rings. The molecule has 0 aromatic rings. The fourth-order valence-electron chi connectivity index (χ4n) is 0.856. The van der Waals surface area contributed by atoms with Crippen molar-refractivity contribution < 1.29 is 19.1 Å². The smallest absolute Gasteiger partial charge is 0.319 e. The van der Waals surface area contributed by atoms with Crippen LogP contribution in [-0.4, -0.2) is 49.4 Å². The number of carbonyl (C=O) groups excluding carboxylic acids is 3. The molecule has 2 amide bonds. The summed E-state index contributed by atoms with van der Waals surface area (Å²) < 4.78 is 4.36. The van der Waals surface area contributed by atoms with Gasteiger partial charge in [0.25, 0.3) is 0 Å². The third kappa shape index (κ3) is 5.95. The van der Waals surface area contributed by atoms with Gasteiger partial charge in [-0.2, -0.15) is 0 Å². The Hall–Kier alpha value is -1.63. The van der Waals surface area contributed by atoms with E-state index in [9.17, 15) is 14.4 Å². The molecule has 0 unspecified atom stereocenters. The van der Waals surface area contributed by atoms with Crippen molar-refractivity contribution in [1.82, 2.24) is 4.90 Å². The highest BCUT2D eigenvalue weighted by atomic mass is 16.5. The van der Waals surface area contributed by atoms with Crippen LogP contribution in [-0.2, 0) is 19.1 Å². The summed E-state index contributed by atoms with van der Waals surface area (Å²) in [6.07, 6.45) is 0. The lowest BCUT2D eigenvalue weighted by Crippen LogP contribution is -2.42. The van der Waals surface area contributed by atoms with E-state index in [4.69, 9.17) is 11.5 Å². The fraction of sp³-hybridized carbons (Fsp3) is 0.571. The first-order valence-corrected chi connectivity index (χ1v) is 3.81. The SMILES string of the molecule is COC(=O)CN(CC(N)=O)CC(N)=O. The Kier molecular flexibility index (Phi) is 5.23. The lowest BCUT2D eigenvalue weighted by Gasteiger charge is -2.16. The number of ether oxygens (including phenoxy) is 1. The molecule has 0 aliphatic heterocycles. The van der Waals surface area contributed by atoms with Gasteiger partial charge >= 0.3 is 5.97 Å². The standard InChI is InChI=1S/C7H13N3O4/c1-14-7(13)4-10(2-5(8)11)3-6(9)12/h2-4H2,1H3,(H2,8,11)(H2,9,12). The van der Waals surface area contributed by atoms with E-state index in [0.717, 1.165) is 0 Å². The van der Waals surface area contributed by atoms with E-state index in [1.807, 2.05) is 0 Å². The summed E-state index contributed by atoms with van der Waals surface area (Å²) in [6, 6.07) is 0.